The maximum absolute atomic E-state index is 12.1. The average Bonchev–Trinajstić information content (AvgIpc) is 2.99. The number of hydrogen-bond donors (Lipinski definition) is 2. The minimum atomic E-state index is -0.598. The van der Waals surface area contributed by atoms with E-state index < -0.39 is 12.2 Å². The Kier molecular flexibility index (Phi) is 4.88. The molecule has 5 nitrogen and oxygen atoms in total. The Balaban J connectivity index is 1.73. The minimum Gasteiger partial charge on any atom is -0.438 e. The van der Waals surface area contributed by atoms with Gasteiger partial charge in [-0.05, 0) is 56.2 Å². The highest BCUT2D eigenvalue weighted by Gasteiger charge is 2.17. The van der Waals surface area contributed by atoms with Crippen molar-refractivity contribution in [1.82, 2.24) is 9.97 Å². The van der Waals surface area contributed by atoms with Gasteiger partial charge in [-0.1, -0.05) is 29.3 Å². The predicted octanol–water partition coefficient (Wildman–Crippen LogP) is 5.80. The van der Waals surface area contributed by atoms with Crippen molar-refractivity contribution in [2.45, 2.75) is 26.9 Å². The predicted molar refractivity (Wildman–Crippen MR) is 101 cm³/mol. The first-order valence-corrected chi connectivity index (χ1v) is 8.49. The summed E-state index contributed by atoms with van der Waals surface area (Å²) in [5.41, 5.74) is 4.57. The van der Waals surface area contributed by atoms with E-state index in [4.69, 9.17) is 27.9 Å². The Morgan fingerprint density at radius 1 is 1.20 bits per heavy atom. The zero-order valence-corrected chi connectivity index (χ0v) is 15.5. The second kappa shape index (κ2) is 6.94. The molecule has 1 aromatic heterocycles. The van der Waals surface area contributed by atoms with E-state index in [1.165, 1.54) is 0 Å². The summed E-state index contributed by atoms with van der Waals surface area (Å²) in [4.78, 5) is 19.8. The summed E-state index contributed by atoms with van der Waals surface area (Å²) in [5.74, 6) is 0.591. The zero-order valence-electron chi connectivity index (χ0n) is 14.0. The van der Waals surface area contributed by atoms with Crippen molar-refractivity contribution in [3.8, 4) is 0 Å². The number of hydrogen-bond acceptors (Lipinski definition) is 3. The number of anilines is 1. The van der Waals surface area contributed by atoms with Crippen LogP contribution < -0.4 is 5.32 Å². The molecule has 130 valence electrons. The van der Waals surface area contributed by atoms with Gasteiger partial charge in [0.05, 0.1) is 21.1 Å². The Bertz CT molecular complexity index is 953. The normalized spacial score (nSPS) is 12.2. The highest BCUT2D eigenvalue weighted by molar-refractivity contribution is 6.42. The number of nitrogens with zero attached hydrogens (tertiary/aromatic N) is 1. The largest absolute Gasteiger partial charge is 0.438 e. The summed E-state index contributed by atoms with van der Waals surface area (Å²) < 4.78 is 5.39. The van der Waals surface area contributed by atoms with Crippen LogP contribution in [0.5, 0.6) is 0 Å². The monoisotopic (exact) mass is 377 g/mol. The Labute approximate surface area is 155 Å². The number of nitrogens with one attached hydrogen (secondary N) is 2. The number of amides is 1. The lowest BCUT2D eigenvalue weighted by Crippen LogP contribution is -2.16. The summed E-state index contributed by atoms with van der Waals surface area (Å²) in [6.45, 7) is 5.81. The molecule has 7 heteroatoms. The third-order valence-corrected chi connectivity index (χ3v) is 4.77. The third-order valence-electron chi connectivity index (χ3n) is 4.03. The number of aromatic amines is 1. The molecule has 2 N–H and O–H groups in total. The Morgan fingerprint density at radius 3 is 2.68 bits per heavy atom. The average molecular weight is 378 g/mol. The van der Waals surface area contributed by atoms with Crippen LogP contribution in [0.4, 0.5) is 10.5 Å². The van der Waals surface area contributed by atoms with Gasteiger partial charge in [0.25, 0.3) is 0 Å². The molecule has 0 saturated heterocycles. The van der Waals surface area contributed by atoms with Crippen LogP contribution in [0.2, 0.25) is 10.0 Å². The molecule has 0 aliphatic rings. The fraction of sp³-hybridized carbons (Fsp3) is 0.222. The van der Waals surface area contributed by atoms with Crippen LogP contribution >= 0.6 is 23.2 Å². The lowest BCUT2D eigenvalue weighted by atomic mass is 10.1. The molecule has 0 aliphatic carbocycles. The number of fused-ring (bicyclic) bond motifs is 1. The van der Waals surface area contributed by atoms with Crippen LogP contribution in [0, 0.1) is 13.8 Å². The van der Waals surface area contributed by atoms with Crippen molar-refractivity contribution < 1.29 is 9.53 Å². The van der Waals surface area contributed by atoms with Gasteiger partial charge in [0.1, 0.15) is 5.82 Å². The van der Waals surface area contributed by atoms with Gasteiger partial charge >= 0.3 is 6.09 Å². The zero-order chi connectivity index (χ0) is 18.1. The number of ether oxygens (including phenoxy) is 1. The highest BCUT2D eigenvalue weighted by Crippen LogP contribution is 2.26. The second-order valence-electron chi connectivity index (χ2n) is 5.83. The van der Waals surface area contributed by atoms with Crippen LogP contribution in [0.25, 0.3) is 11.0 Å². The number of imidazole rings is 1. The number of aromatic nitrogens is 2. The molecule has 1 amide bonds. The quantitative estimate of drug-likeness (QED) is 0.606. The van der Waals surface area contributed by atoms with Crippen molar-refractivity contribution >= 4 is 46.0 Å². The van der Waals surface area contributed by atoms with Crippen LogP contribution in [-0.2, 0) is 4.74 Å². The summed E-state index contributed by atoms with van der Waals surface area (Å²) in [6.07, 6.45) is -1.13. The fourth-order valence-corrected chi connectivity index (χ4v) is 2.76. The first kappa shape index (κ1) is 17.6. The first-order chi connectivity index (χ1) is 11.8. The number of halogens is 2. The molecule has 25 heavy (non-hydrogen) atoms. The highest BCUT2D eigenvalue weighted by atomic mass is 35.5. The maximum Gasteiger partial charge on any atom is 0.412 e. The van der Waals surface area contributed by atoms with Crippen molar-refractivity contribution in [2.24, 2.45) is 0 Å². The molecule has 1 heterocycles. The molecular formula is C18H17Cl2N3O2. The number of H-pyrrole nitrogens is 1. The smallest absolute Gasteiger partial charge is 0.412 e. The number of aryl methyl sites for hydroxylation is 2. The Hall–Kier alpha value is -2.24. The van der Waals surface area contributed by atoms with Crippen molar-refractivity contribution in [3.63, 3.8) is 0 Å². The first-order valence-electron chi connectivity index (χ1n) is 7.73. The fourth-order valence-electron chi connectivity index (χ4n) is 2.46. The van der Waals surface area contributed by atoms with E-state index in [1.807, 2.05) is 26.0 Å². The number of carbonyl (C=O) groups excluding carboxylic acids is 1. The SMILES string of the molecule is Cc1ccc2[nH]c(C(C)OC(=O)Nc3ccc(Cl)c(Cl)c3)nc2c1C. The molecule has 0 aliphatic heterocycles. The molecule has 3 rings (SSSR count). The molecular weight excluding hydrogens is 361 g/mol. The lowest BCUT2D eigenvalue weighted by molar-refractivity contribution is 0.117. The van der Waals surface area contributed by atoms with E-state index in [1.54, 1.807) is 25.1 Å². The Morgan fingerprint density at radius 2 is 1.96 bits per heavy atom. The molecule has 0 fully saturated rings. The summed E-state index contributed by atoms with van der Waals surface area (Å²) in [7, 11) is 0. The molecule has 0 saturated carbocycles. The summed E-state index contributed by atoms with van der Waals surface area (Å²) in [6, 6.07) is 8.81. The van der Waals surface area contributed by atoms with Crippen LogP contribution in [0.1, 0.15) is 30.0 Å². The lowest BCUT2D eigenvalue weighted by Gasteiger charge is -2.12. The van der Waals surface area contributed by atoms with E-state index >= 15 is 0 Å². The van der Waals surface area contributed by atoms with E-state index in [0.717, 1.165) is 22.2 Å². The van der Waals surface area contributed by atoms with E-state index in [-0.39, 0.29) is 0 Å². The number of benzene rings is 2. The molecule has 0 bridgehead atoms. The maximum atomic E-state index is 12.1. The van der Waals surface area contributed by atoms with Crippen molar-refractivity contribution in [2.75, 3.05) is 5.32 Å². The van der Waals surface area contributed by atoms with E-state index in [2.05, 4.69) is 15.3 Å². The van der Waals surface area contributed by atoms with Crippen LogP contribution in [0.3, 0.4) is 0 Å². The van der Waals surface area contributed by atoms with Gasteiger partial charge in [-0.25, -0.2) is 9.78 Å². The van der Waals surface area contributed by atoms with Crippen LogP contribution in [0.15, 0.2) is 30.3 Å². The van der Waals surface area contributed by atoms with E-state index in [9.17, 15) is 4.79 Å². The van der Waals surface area contributed by atoms with Crippen molar-refractivity contribution in [1.29, 1.82) is 0 Å². The van der Waals surface area contributed by atoms with Gasteiger partial charge in [0, 0.05) is 5.69 Å². The van der Waals surface area contributed by atoms with Crippen LogP contribution in [-0.4, -0.2) is 16.1 Å². The molecule has 1 atom stereocenters. The topological polar surface area (TPSA) is 67.0 Å². The number of rotatable bonds is 3. The van der Waals surface area contributed by atoms with E-state index in [0.29, 0.717) is 21.6 Å². The summed E-state index contributed by atoms with van der Waals surface area (Å²) >= 11 is 11.8. The second-order valence-corrected chi connectivity index (χ2v) is 6.64. The van der Waals surface area contributed by atoms with Gasteiger partial charge in [-0.3, -0.25) is 5.32 Å². The summed E-state index contributed by atoms with van der Waals surface area (Å²) in [5, 5.41) is 3.39. The molecule has 3 aromatic rings. The number of carbonyl (C=O) groups is 1. The van der Waals surface area contributed by atoms with Crippen molar-refractivity contribution in [3.05, 3.63) is 57.3 Å². The molecule has 1 unspecified atom stereocenters. The minimum absolute atomic E-state index is 0.357. The third kappa shape index (κ3) is 3.72. The molecule has 0 radical (unpaired) electrons. The van der Waals surface area contributed by atoms with Gasteiger partial charge in [0.15, 0.2) is 6.10 Å². The van der Waals surface area contributed by atoms with Gasteiger partial charge in [-0.15, -0.1) is 0 Å². The van der Waals surface area contributed by atoms with Gasteiger partial charge in [0.2, 0.25) is 0 Å². The standard InChI is InChI=1S/C18H17Cl2N3O2/c1-9-4-7-15-16(10(9)2)23-17(22-15)11(3)25-18(24)21-12-5-6-13(19)14(20)8-12/h4-8,11H,1-3H3,(H,21,24)(H,22,23). The molecule has 2 aromatic carbocycles. The molecule has 0 spiro atoms. The van der Waals surface area contributed by atoms with Gasteiger partial charge in [-0.2, -0.15) is 0 Å². The van der Waals surface area contributed by atoms with Gasteiger partial charge < -0.3 is 9.72 Å².